The zero-order valence-corrected chi connectivity index (χ0v) is 8.22. The van der Waals surface area contributed by atoms with Crippen LogP contribution in [0.4, 0.5) is 0 Å². The molecule has 4 atom stereocenters. The topological polar surface area (TPSA) is 12.0 Å². The summed E-state index contributed by atoms with van der Waals surface area (Å²) in [4.78, 5) is 0. The Morgan fingerprint density at radius 3 is 2.36 bits per heavy atom. The van der Waals surface area contributed by atoms with Crippen molar-refractivity contribution in [1.82, 2.24) is 5.32 Å². The molecular formula is C10H21N. The normalized spacial score (nSPS) is 36.0. The first-order valence-electron chi connectivity index (χ1n) is 4.90. The third-order valence-electron chi connectivity index (χ3n) is 3.53. The van der Waals surface area contributed by atoms with Gasteiger partial charge in [-0.1, -0.05) is 27.2 Å². The molecule has 0 spiro atoms. The van der Waals surface area contributed by atoms with Crippen molar-refractivity contribution in [2.24, 2.45) is 17.8 Å². The molecule has 0 aromatic heterocycles. The lowest BCUT2D eigenvalue weighted by molar-refractivity contribution is 0.133. The molecule has 11 heavy (non-hydrogen) atoms. The summed E-state index contributed by atoms with van der Waals surface area (Å²) in [7, 11) is 0. The van der Waals surface area contributed by atoms with Crippen LogP contribution in [-0.4, -0.2) is 12.6 Å². The maximum Gasteiger partial charge on any atom is 0.00819 e. The van der Waals surface area contributed by atoms with E-state index in [1.807, 2.05) is 0 Å². The lowest BCUT2D eigenvalue weighted by Crippen LogP contribution is -2.54. The highest BCUT2D eigenvalue weighted by atomic mass is 15.0. The van der Waals surface area contributed by atoms with E-state index in [0.29, 0.717) is 0 Å². The summed E-state index contributed by atoms with van der Waals surface area (Å²) in [5.41, 5.74) is 0. The molecule has 1 nitrogen and oxygen atoms in total. The second kappa shape index (κ2) is 3.57. The standard InChI is InChI=1S/C10H21N/c1-5-7(2)8(3)10-6-11-9(10)4/h7-11H,5-6H2,1-4H3. The van der Waals surface area contributed by atoms with Gasteiger partial charge in [-0.25, -0.2) is 0 Å². The van der Waals surface area contributed by atoms with E-state index in [1.54, 1.807) is 0 Å². The third-order valence-corrected chi connectivity index (χ3v) is 3.53. The smallest absolute Gasteiger partial charge is 0.00819 e. The minimum absolute atomic E-state index is 0.763. The van der Waals surface area contributed by atoms with Crippen LogP contribution in [0.5, 0.6) is 0 Å². The van der Waals surface area contributed by atoms with Crippen LogP contribution in [0.15, 0.2) is 0 Å². The van der Waals surface area contributed by atoms with Gasteiger partial charge in [0.2, 0.25) is 0 Å². The number of hydrogen-bond donors (Lipinski definition) is 1. The first kappa shape index (κ1) is 9.05. The number of rotatable bonds is 3. The Labute approximate surface area is 70.6 Å². The summed E-state index contributed by atoms with van der Waals surface area (Å²) in [5.74, 6) is 2.73. The second-order valence-electron chi connectivity index (χ2n) is 4.11. The minimum Gasteiger partial charge on any atom is -0.314 e. The average Bonchev–Trinajstić information content (AvgIpc) is 2.00. The Balaban J connectivity index is 2.34. The second-order valence-corrected chi connectivity index (χ2v) is 4.11. The first-order chi connectivity index (χ1) is 5.16. The lowest BCUT2D eigenvalue weighted by Gasteiger charge is -2.42. The molecule has 1 heteroatoms. The molecular weight excluding hydrogens is 134 g/mol. The van der Waals surface area contributed by atoms with Crippen molar-refractivity contribution in [2.75, 3.05) is 6.54 Å². The van der Waals surface area contributed by atoms with Gasteiger partial charge in [-0.15, -0.1) is 0 Å². The van der Waals surface area contributed by atoms with Crippen molar-refractivity contribution in [1.29, 1.82) is 0 Å². The van der Waals surface area contributed by atoms with Crippen LogP contribution in [0.25, 0.3) is 0 Å². The Hall–Kier alpha value is -0.0400. The molecule has 1 aliphatic rings. The quantitative estimate of drug-likeness (QED) is 0.659. The molecule has 1 fully saturated rings. The van der Waals surface area contributed by atoms with Crippen molar-refractivity contribution >= 4 is 0 Å². The SMILES string of the molecule is CCC(C)C(C)C1CNC1C. The molecule has 1 heterocycles. The molecule has 66 valence electrons. The Bertz CT molecular complexity index is 122. The van der Waals surface area contributed by atoms with Gasteiger partial charge in [-0.2, -0.15) is 0 Å². The van der Waals surface area contributed by atoms with E-state index in [4.69, 9.17) is 0 Å². The number of hydrogen-bond acceptors (Lipinski definition) is 1. The van der Waals surface area contributed by atoms with Gasteiger partial charge in [-0.3, -0.25) is 0 Å². The van der Waals surface area contributed by atoms with E-state index >= 15 is 0 Å². The average molecular weight is 155 g/mol. The summed E-state index contributed by atoms with van der Waals surface area (Å²) in [5, 5.41) is 3.42. The Morgan fingerprint density at radius 1 is 1.45 bits per heavy atom. The van der Waals surface area contributed by atoms with Crippen LogP contribution in [0.3, 0.4) is 0 Å². The predicted octanol–water partition coefficient (Wildman–Crippen LogP) is 2.28. The van der Waals surface area contributed by atoms with Crippen molar-refractivity contribution in [3.05, 3.63) is 0 Å². The maximum atomic E-state index is 3.42. The van der Waals surface area contributed by atoms with Crippen molar-refractivity contribution in [3.63, 3.8) is 0 Å². The highest BCUT2D eigenvalue weighted by molar-refractivity contribution is 4.88. The molecule has 1 aliphatic heterocycles. The zero-order chi connectivity index (χ0) is 8.43. The largest absolute Gasteiger partial charge is 0.314 e. The van der Waals surface area contributed by atoms with Gasteiger partial charge < -0.3 is 5.32 Å². The predicted molar refractivity (Wildman–Crippen MR) is 49.6 cm³/mol. The molecule has 1 rings (SSSR count). The summed E-state index contributed by atoms with van der Waals surface area (Å²) < 4.78 is 0. The fraction of sp³-hybridized carbons (Fsp3) is 1.00. The molecule has 1 N–H and O–H groups in total. The Kier molecular flexibility index (Phi) is 2.94. The number of nitrogens with one attached hydrogen (secondary N) is 1. The van der Waals surface area contributed by atoms with Crippen LogP contribution in [0.2, 0.25) is 0 Å². The fourth-order valence-electron chi connectivity index (χ4n) is 1.92. The molecule has 0 saturated carbocycles. The minimum atomic E-state index is 0.763. The van der Waals surface area contributed by atoms with Gasteiger partial charge in [0, 0.05) is 6.04 Å². The fourth-order valence-corrected chi connectivity index (χ4v) is 1.92. The Morgan fingerprint density at radius 2 is 2.09 bits per heavy atom. The molecule has 0 amide bonds. The zero-order valence-electron chi connectivity index (χ0n) is 8.22. The van der Waals surface area contributed by atoms with Gasteiger partial charge in [0.05, 0.1) is 0 Å². The summed E-state index contributed by atoms with van der Waals surface area (Å²) in [6.07, 6.45) is 1.32. The van der Waals surface area contributed by atoms with Gasteiger partial charge in [0.1, 0.15) is 0 Å². The summed E-state index contributed by atoms with van der Waals surface area (Å²) in [6.45, 7) is 10.6. The van der Waals surface area contributed by atoms with Gasteiger partial charge in [-0.05, 0) is 31.2 Å². The van der Waals surface area contributed by atoms with Crippen molar-refractivity contribution in [2.45, 2.75) is 40.2 Å². The van der Waals surface area contributed by atoms with Crippen molar-refractivity contribution < 1.29 is 0 Å². The van der Waals surface area contributed by atoms with E-state index in [2.05, 4.69) is 33.0 Å². The first-order valence-corrected chi connectivity index (χ1v) is 4.90. The highest BCUT2D eigenvalue weighted by Gasteiger charge is 2.32. The van der Waals surface area contributed by atoms with Crippen LogP contribution in [-0.2, 0) is 0 Å². The van der Waals surface area contributed by atoms with E-state index in [0.717, 1.165) is 23.8 Å². The molecule has 0 aromatic carbocycles. The third kappa shape index (κ3) is 1.76. The van der Waals surface area contributed by atoms with Gasteiger partial charge >= 0.3 is 0 Å². The van der Waals surface area contributed by atoms with Crippen LogP contribution >= 0.6 is 0 Å². The van der Waals surface area contributed by atoms with E-state index in [1.165, 1.54) is 13.0 Å². The lowest BCUT2D eigenvalue weighted by atomic mass is 9.75. The van der Waals surface area contributed by atoms with Gasteiger partial charge in [0.15, 0.2) is 0 Å². The van der Waals surface area contributed by atoms with E-state index < -0.39 is 0 Å². The summed E-state index contributed by atoms with van der Waals surface area (Å²) >= 11 is 0. The molecule has 0 aliphatic carbocycles. The van der Waals surface area contributed by atoms with Gasteiger partial charge in [0.25, 0.3) is 0 Å². The summed E-state index contributed by atoms with van der Waals surface area (Å²) in [6, 6.07) is 0.763. The molecule has 0 aromatic rings. The van der Waals surface area contributed by atoms with Crippen LogP contribution in [0, 0.1) is 17.8 Å². The maximum absolute atomic E-state index is 3.42. The van der Waals surface area contributed by atoms with Crippen LogP contribution in [0.1, 0.15) is 34.1 Å². The van der Waals surface area contributed by atoms with Crippen LogP contribution < -0.4 is 5.32 Å². The highest BCUT2D eigenvalue weighted by Crippen LogP contribution is 2.29. The van der Waals surface area contributed by atoms with E-state index in [9.17, 15) is 0 Å². The monoisotopic (exact) mass is 155 g/mol. The van der Waals surface area contributed by atoms with E-state index in [-0.39, 0.29) is 0 Å². The molecule has 1 saturated heterocycles. The molecule has 0 bridgehead atoms. The molecule has 0 radical (unpaired) electrons. The van der Waals surface area contributed by atoms with Crippen molar-refractivity contribution in [3.8, 4) is 0 Å². The molecule has 4 unspecified atom stereocenters.